The van der Waals surface area contributed by atoms with E-state index < -0.39 is 18.2 Å². The second-order valence-electron chi connectivity index (χ2n) is 5.14. The van der Waals surface area contributed by atoms with Gasteiger partial charge < -0.3 is 5.11 Å². The van der Waals surface area contributed by atoms with Crippen molar-refractivity contribution in [3.63, 3.8) is 0 Å². The molecular formula is C16H27F3O. The van der Waals surface area contributed by atoms with E-state index in [0.717, 1.165) is 24.8 Å². The fourth-order valence-electron chi connectivity index (χ4n) is 2.30. The largest absolute Gasteiger partial charge is 0.414 e. The Kier molecular flexibility index (Phi) is 9.64. The summed E-state index contributed by atoms with van der Waals surface area (Å²) in [5.74, 6) is -0.682. The molecule has 0 amide bonds. The lowest BCUT2D eigenvalue weighted by Gasteiger charge is -2.25. The van der Waals surface area contributed by atoms with Gasteiger partial charge >= 0.3 is 6.18 Å². The highest BCUT2D eigenvalue weighted by molar-refractivity contribution is 5.16. The Morgan fingerprint density at radius 1 is 1.15 bits per heavy atom. The van der Waals surface area contributed by atoms with Crippen LogP contribution < -0.4 is 0 Å². The molecule has 0 spiro atoms. The summed E-state index contributed by atoms with van der Waals surface area (Å²) in [6, 6.07) is 0. The molecule has 0 saturated heterocycles. The number of allylic oxidation sites excluding steroid dienone is 4. The summed E-state index contributed by atoms with van der Waals surface area (Å²) in [4.78, 5) is 0. The third-order valence-corrected chi connectivity index (χ3v) is 3.50. The summed E-state index contributed by atoms with van der Waals surface area (Å²) in [5.41, 5.74) is 1.13. The molecule has 0 radical (unpaired) electrons. The molecule has 0 aliphatic heterocycles. The van der Waals surface area contributed by atoms with Crippen molar-refractivity contribution < 1.29 is 18.3 Å². The van der Waals surface area contributed by atoms with Crippen molar-refractivity contribution in [1.29, 1.82) is 0 Å². The molecule has 0 fully saturated rings. The van der Waals surface area contributed by atoms with Crippen molar-refractivity contribution in [1.82, 2.24) is 0 Å². The highest BCUT2D eigenvalue weighted by atomic mass is 19.4. The van der Waals surface area contributed by atoms with Gasteiger partial charge in [0.1, 0.15) is 0 Å². The van der Waals surface area contributed by atoms with Crippen LogP contribution in [0.2, 0.25) is 0 Å². The van der Waals surface area contributed by atoms with Gasteiger partial charge in [-0.25, -0.2) is 0 Å². The van der Waals surface area contributed by atoms with E-state index in [9.17, 15) is 18.3 Å². The zero-order valence-electron chi connectivity index (χ0n) is 12.7. The molecule has 0 aromatic heterocycles. The van der Waals surface area contributed by atoms with Crippen LogP contribution in [0.5, 0.6) is 0 Å². The average molecular weight is 292 g/mol. The number of hydrogen-bond acceptors (Lipinski definition) is 1. The Hall–Kier alpha value is -0.770. The van der Waals surface area contributed by atoms with Gasteiger partial charge in [-0.1, -0.05) is 43.6 Å². The van der Waals surface area contributed by atoms with Crippen LogP contribution in [-0.2, 0) is 0 Å². The molecule has 0 aromatic carbocycles. The Labute approximate surface area is 120 Å². The first-order valence-corrected chi connectivity index (χ1v) is 7.39. The summed E-state index contributed by atoms with van der Waals surface area (Å²) in [7, 11) is 0. The number of unbranched alkanes of at least 4 members (excludes halogenated alkanes) is 1. The average Bonchev–Trinajstić information content (AvgIpc) is 2.39. The van der Waals surface area contributed by atoms with Gasteiger partial charge in [-0.05, 0) is 45.4 Å². The van der Waals surface area contributed by atoms with Crippen LogP contribution in [0.25, 0.3) is 0 Å². The van der Waals surface area contributed by atoms with Crippen LogP contribution in [0, 0.1) is 5.92 Å². The maximum atomic E-state index is 12.6. The summed E-state index contributed by atoms with van der Waals surface area (Å²) >= 11 is 0. The lowest BCUT2D eigenvalue weighted by atomic mass is 9.89. The minimum absolute atomic E-state index is 0.412. The monoisotopic (exact) mass is 292 g/mol. The van der Waals surface area contributed by atoms with E-state index >= 15 is 0 Å². The van der Waals surface area contributed by atoms with Crippen LogP contribution in [0.15, 0.2) is 23.8 Å². The van der Waals surface area contributed by atoms with Crippen molar-refractivity contribution in [2.24, 2.45) is 5.92 Å². The zero-order valence-corrected chi connectivity index (χ0v) is 12.7. The highest BCUT2D eigenvalue weighted by Gasteiger charge is 2.42. The van der Waals surface area contributed by atoms with Gasteiger partial charge in [0.25, 0.3) is 0 Å². The first-order valence-electron chi connectivity index (χ1n) is 7.39. The third-order valence-electron chi connectivity index (χ3n) is 3.50. The lowest BCUT2D eigenvalue weighted by molar-refractivity contribution is -0.220. The fraction of sp³-hybridized carbons (Fsp3) is 0.750. The second-order valence-corrected chi connectivity index (χ2v) is 5.14. The number of aliphatic hydroxyl groups excluding tert-OH is 1. The molecule has 0 rings (SSSR count). The zero-order chi connectivity index (χ0) is 15.6. The topological polar surface area (TPSA) is 20.2 Å². The molecule has 2 atom stereocenters. The smallest absolute Gasteiger partial charge is 0.383 e. The van der Waals surface area contributed by atoms with Crippen LogP contribution in [0.3, 0.4) is 0 Å². The molecule has 1 N–H and O–H groups in total. The Morgan fingerprint density at radius 3 is 2.20 bits per heavy atom. The second kappa shape index (κ2) is 10.0. The van der Waals surface area contributed by atoms with E-state index in [1.54, 1.807) is 0 Å². The van der Waals surface area contributed by atoms with Gasteiger partial charge in [0.05, 0.1) is 0 Å². The molecule has 20 heavy (non-hydrogen) atoms. The minimum Gasteiger partial charge on any atom is -0.383 e. The quantitative estimate of drug-likeness (QED) is 0.563. The number of hydrogen-bond donors (Lipinski definition) is 1. The summed E-state index contributed by atoms with van der Waals surface area (Å²) in [6.45, 7) is 5.79. The standard InChI is InChI=1S/C16H27F3O/c1-4-7-11-14(15(20)16(17,18)19)12-8-10-13(6-3)9-5-2/h5-6,9,14-15,20H,4,7-8,10-12H2,1-3H3. The molecule has 0 aliphatic rings. The molecule has 2 unspecified atom stereocenters. The molecule has 0 heterocycles. The van der Waals surface area contributed by atoms with Gasteiger partial charge in [-0.2, -0.15) is 13.2 Å². The van der Waals surface area contributed by atoms with E-state index in [4.69, 9.17) is 0 Å². The van der Waals surface area contributed by atoms with Gasteiger partial charge in [0, 0.05) is 0 Å². The maximum absolute atomic E-state index is 12.6. The normalized spacial score (nSPS) is 16.6. The van der Waals surface area contributed by atoms with Crippen molar-refractivity contribution in [2.45, 2.75) is 71.6 Å². The number of rotatable bonds is 9. The number of halogens is 3. The highest BCUT2D eigenvalue weighted by Crippen LogP contribution is 2.31. The Balaban J connectivity index is 4.44. The first-order chi connectivity index (χ1) is 9.36. The Bertz CT molecular complexity index is 305. The molecular weight excluding hydrogens is 265 g/mol. The van der Waals surface area contributed by atoms with Gasteiger partial charge in [-0.3, -0.25) is 0 Å². The molecule has 0 saturated carbocycles. The number of alkyl halides is 3. The van der Waals surface area contributed by atoms with Crippen molar-refractivity contribution in [2.75, 3.05) is 0 Å². The van der Waals surface area contributed by atoms with E-state index in [-0.39, 0.29) is 0 Å². The summed E-state index contributed by atoms with van der Waals surface area (Å²) in [5, 5.41) is 9.44. The molecule has 0 bridgehead atoms. The third kappa shape index (κ3) is 7.73. The number of aliphatic hydroxyl groups is 1. The van der Waals surface area contributed by atoms with E-state index in [2.05, 4.69) is 0 Å². The predicted octanol–water partition coefficient (Wildman–Crippen LogP) is 5.41. The summed E-state index contributed by atoms with van der Waals surface area (Å²) < 4.78 is 37.9. The van der Waals surface area contributed by atoms with Gasteiger partial charge in [0.2, 0.25) is 0 Å². The van der Waals surface area contributed by atoms with Crippen molar-refractivity contribution in [3.05, 3.63) is 23.8 Å². The molecule has 1 nitrogen and oxygen atoms in total. The van der Waals surface area contributed by atoms with E-state index in [0.29, 0.717) is 19.3 Å². The molecule has 0 aromatic rings. The van der Waals surface area contributed by atoms with Crippen molar-refractivity contribution in [3.8, 4) is 0 Å². The first kappa shape index (κ1) is 19.2. The van der Waals surface area contributed by atoms with Gasteiger partial charge in [0.15, 0.2) is 6.10 Å². The molecule has 4 heteroatoms. The predicted molar refractivity (Wildman–Crippen MR) is 77.5 cm³/mol. The lowest BCUT2D eigenvalue weighted by Crippen LogP contribution is -2.36. The van der Waals surface area contributed by atoms with Crippen LogP contribution in [0.4, 0.5) is 13.2 Å². The van der Waals surface area contributed by atoms with Crippen molar-refractivity contribution >= 4 is 0 Å². The maximum Gasteiger partial charge on any atom is 0.414 e. The van der Waals surface area contributed by atoms with E-state index in [1.165, 1.54) is 0 Å². The van der Waals surface area contributed by atoms with Crippen LogP contribution >= 0.6 is 0 Å². The van der Waals surface area contributed by atoms with Crippen LogP contribution in [-0.4, -0.2) is 17.4 Å². The fourth-order valence-corrected chi connectivity index (χ4v) is 2.30. The molecule has 0 aliphatic carbocycles. The van der Waals surface area contributed by atoms with Gasteiger partial charge in [-0.15, -0.1) is 0 Å². The molecule has 118 valence electrons. The Morgan fingerprint density at radius 2 is 1.75 bits per heavy atom. The van der Waals surface area contributed by atoms with E-state index in [1.807, 2.05) is 39.0 Å². The SMILES string of the molecule is CC=CC(=CC)CCCC(CCCC)C(O)C(F)(F)F. The minimum atomic E-state index is -4.51. The summed E-state index contributed by atoms with van der Waals surface area (Å²) in [6.07, 6.45) is 3.02. The van der Waals surface area contributed by atoms with Crippen LogP contribution in [0.1, 0.15) is 59.3 Å².